The van der Waals surface area contributed by atoms with Crippen LogP contribution in [0.2, 0.25) is 0 Å². The monoisotopic (exact) mass is 497 g/mol. The molecule has 5 aromatic rings. The van der Waals surface area contributed by atoms with Crippen LogP contribution in [0.1, 0.15) is 30.7 Å². The number of aryl methyl sites for hydroxylation is 2. The molecule has 3 aromatic carbocycles. The lowest BCUT2D eigenvalue weighted by Crippen LogP contribution is -2.24. The van der Waals surface area contributed by atoms with E-state index in [4.69, 9.17) is 14.6 Å². The number of aromatic nitrogens is 3. The number of fused-ring (bicyclic) bond motifs is 1. The van der Waals surface area contributed by atoms with Crippen molar-refractivity contribution in [1.29, 1.82) is 0 Å². The minimum Gasteiger partial charge on any atom is -0.481 e. The standard InChI is InChI=1S/C29H24FN3O4/c1-18-6-2-3-7-22(18)26-17-24(32-37-26)19-10-15-23-25(16-19)31-27(8-4-5-9-28(34)35)33(29(23)36)21-13-11-20(30)12-14-21/h2-3,6-7,10-17H,4-5,8-9H2,1H3,(H,34,35). The number of aliphatic carboxylic acids is 1. The fourth-order valence-electron chi connectivity index (χ4n) is 4.36. The van der Waals surface area contributed by atoms with Crippen LogP contribution < -0.4 is 5.56 Å². The molecule has 5 rings (SSSR count). The van der Waals surface area contributed by atoms with Crippen LogP contribution in [-0.4, -0.2) is 25.8 Å². The molecule has 2 aromatic heterocycles. The highest BCUT2D eigenvalue weighted by Gasteiger charge is 2.16. The van der Waals surface area contributed by atoms with Gasteiger partial charge in [0, 0.05) is 30.0 Å². The molecule has 8 heteroatoms. The van der Waals surface area contributed by atoms with Crippen molar-refractivity contribution in [3.63, 3.8) is 0 Å². The van der Waals surface area contributed by atoms with E-state index in [-0.39, 0.29) is 12.0 Å². The summed E-state index contributed by atoms with van der Waals surface area (Å²) in [5.74, 6) is -0.153. The molecular formula is C29H24FN3O4. The lowest BCUT2D eigenvalue weighted by molar-refractivity contribution is -0.137. The van der Waals surface area contributed by atoms with E-state index < -0.39 is 11.8 Å². The molecule has 0 bridgehead atoms. The van der Waals surface area contributed by atoms with E-state index in [1.165, 1.54) is 28.8 Å². The van der Waals surface area contributed by atoms with Crippen LogP contribution in [0, 0.1) is 12.7 Å². The Morgan fingerprint density at radius 3 is 2.57 bits per heavy atom. The molecule has 37 heavy (non-hydrogen) atoms. The number of unbranched alkanes of at least 4 members (excludes halogenated alkanes) is 1. The minimum absolute atomic E-state index is 0.0356. The van der Waals surface area contributed by atoms with Gasteiger partial charge in [0.25, 0.3) is 5.56 Å². The van der Waals surface area contributed by atoms with Gasteiger partial charge in [0.05, 0.1) is 16.6 Å². The Labute approximate surface area is 211 Å². The van der Waals surface area contributed by atoms with Crippen LogP contribution in [0.15, 0.2) is 82.1 Å². The summed E-state index contributed by atoms with van der Waals surface area (Å²) in [4.78, 5) is 29.3. The Kier molecular flexibility index (Phi) is 6.64. The summed E-state index contributed by atoms with van der Waals surface area (Å²) < 4.78 is 20.6. The van der Waals surface area contributed by atoms with Crippen molar-refractivity contribution < 1.29 is 18.8 Å². The van der Waals surface area contributed by atoms with Crippen LogP contribution in [0.4, 0.5) is 4.39 Å². The molecule has 0 aliphatic carbocycles. The Bertz CT molecular complexity index is 1650. The largest absolute Gasteiger partial charge is 0.481 e. The molecule has 0 fully saturated rings. The fourth-order valence-corrected chi connectivity index (χ4v) is 4.36. The smallest absolute Gasteiger partial charge is 0.303 e. The van der Waals surface area contributed by atoms with Gasteiger partial charge in [0.15, 0.2) is 5.76 Å². The predicted molar refractivity (Wildman–Crippen MR) is 138 cm³/mol. The molecule has 0 atom stereocenters. The molecule has 1 N–H and O–H groups in total. The van der Waals surface area contributed by atoms with Gasteiger partial charge in [-0.2, -0.15) is 0 Å². The maximum Gasteiger partial charge on any atom is 0.303 e. The average Bonchev–Trinajstić information content (AvgIpc) is 3.37. The number of rotatable bonds is 8. The third-order valence-electron chi connectivity index (χ3n) is 6.28. The first-order valence-corrected chi connectivity index (χ1v) is 12.0. The topological polar surface area (TPSA) is 98.2 Å². The molecule has 0 aliphatic heterocycles. The average molecular weight is 498 g/mol. The van der Waals surface area contributed by atoms with Gasteiger partial charge in [-0.05, 0) is 61.7 Å². The van der Waals surface area contributed by atoms with Gasteiger partial charge in [0.2, 0.25) is 0 Å². The summed E-state index contributed by atoms with van der Waals surface area (Å²) in [6.45, 7) is 2.00. The summed E-state index contributed by atoms with van der Waals surface area (Å²) in [7, 11) is 0. The fraction of sp³-hybridized carbons (Fsp3) is 0.172. The molecule has 0 radical (unpaired) electrons. The highest BCUT2D eigenvalue weighted by Crippen LogP contribution is 2.29. The number of carboxylic acid groups (broad SMARTS) is 1. The molecular weight excluding hydrogens is 473 g/mol. The zero-order chi connectivity index (χ0) is 25.9. The second kappa shape index (κ2) is 10.2. The Morgan fingerprint density at radius 2 is 1.81 bits per heavy atom. The van der Waals surface area contributed by atoms with Gasteiger partial charge >= 0.3 is 5.97 Å². The number of carboxylic acids is 1. The lowest BCUT2D eigenvalue weighted by atomic mass is 10.0. The molecule has 0 aliphatic rings. The number of nitrogens with zero attached hydrogens (tertiary/aromatic N) is 3. The Hall–Kier alpha value is -4.59. The first kappa shape index (κ1) is 24.1. The second-order valence-electron chi connectivity index (χ2n) is 8.87. The van der Waals surface area contributed by atoms with Crippen molar-refractivity contribution in [3.8, 4) is 28.3 Å². The second-order valence-corrected chi connectivity index (χ2v) is 8.87. The van der Waals surface area contributed by atoms with Crippen molar-refractivity contribution in [2.24, 2.45) is 0 Å². The maximum atomic E-state index is 13.6. The highest BCUT2D eigenvalue weighted by molar-refractivity contribution is 5.84. The molecule has 0 unspecified atom stereocenters. The van der Waals surface area contributed by atoms with Gasteiger partial charge in [-0.1, -0.05) is 35.5 Å². The van der Waals surface area contributed by atoms with Gasteiger partial charge in [-0.25, -0.2) is 9.37 Å². The van der Waals surface area contributed by atoms with Gasteiger partial charge in [-0.3, -0.25) is 14.2 Å². The van der Waals surface area contributed by atoms with Crippen molar-refractivity contribution in [2.75, 3.05) is 0 Å². The number of carbonyl (C=O) groups is 1. The molecule has 0 spiro atoms. The van der Waals surface area contributed by atoms with Crippen LogP contribution in [0.25, 0.3) is 39.2 Å². The van der Waals surface area contributed by atoms with Crippen molar-refractivity contribution in [3.05, 3.63) is 100 Å². The SMILES string of the molecule is Cc1ccccc1-c1cc(-c2ccc3c(=O)n(-c4ccc(F)cc4)c(CCCCC(=O)O)nc3c2)no1. The molecule has 0 saturated heterocycles. The van der Waals surface area contributed by atoms with E-state index in [0.29, 0.717) is 53.1 Å². The van der Waals surface area contributed by atoms with E-state index in [1.807, 2.05) is 37.3 Å². The Morgan fingerprint density at radius 1 is 1.03 bits per heavy atom. The highest BCUT2D eigenvalue weighted by atomic mass is 19.1. The van der Waals surface area contributed by atoms with Gasteiger partial charge in [0.1, 0.15) is 17.3 Å². The summed E-state index contributed by atoms with van der Waals surface area (Å²) in [6.07, 6.45) is 1.41. The minimum atomic E-state index is -0.871. The van der Waals surface area contributed by atoms with E-state index in [1.54, 1.807) is 18.2 Å². The van der Waals surface area contributed by atoms with E-state index in [2.05, 4.69) is 5.16 Å². The first-order valence-electron chi connectivity index (χ1n) is 12.0. The van der Waals surface area contributed by atoms with Crippen LogP contribution >= 0.6 is 0 Å². The summed E-state index contributed by atoms with van der Waals surface area (Å²) >= 11 is 0. The van der Waals surface area contributed by atoms with Crippen LogP contribution in [0.5, 0.6) is 0 Å². The quantitative estimate of drug-likeness (QED) is 0.266. The molecule has 186 valence electrons. The van der Waals surface area contributed by atoms with Crippen molar-refractivity contribution in [1.82, 2.24) is 14.7 Å². The lowest BCUT2D eigenvalue weighted by Gasteiger charge is -2.14. The molecule has 2 heterocycles. The number of hydrogen-bond donors (Lipinski definition) is 1. The zero-order valence-corrected chi connectivity index (χ0v) is 20.1. The molecule has 0 saturated carbocycles. The summed E-state index contributed by atoms with van der Waals surface area (Å²) in [5, 5.41) is 13.6. The van der Waals surface area contributed by atoms with Gasteiger partial charge in [-0.15, -0.1) is 0 Å². The third-order valence-corrected chi connectivity index (χ3v) is 6.28. The van der Waals surface area contributed by atoms with Crippen LogP contribution in [0.3, 0.4) is 0 Å². The number of halogens is 1. The van der Waals surface area contributed by atoms with Gasteiger partial charge < -0.3 is 9.63 Å². The van der Waals surface area contributed by atoms with E-state index in [0.717, 1.165) is 16.7 Å². The maximum absolute atomic E-state index is 13.6. The van der Waals surface area contributed by atoms with E-state index >= 15 is 0 Å². The predicted octanol–water partition coefficient (Wildman–Crippen LogP) is 5.95. The number of benzene rings is 3. The molecule has 0 amide bonds. The van der Waals surface area contributed by atoms with E-state index in [9.17, 15) is 14.0 Å². The zero-order valence-electron chi connectivity index (χ0n) is 20.1. The van der Waals surface area contributed by atoms with Crippen molar-refractivity contribution in [2.45, 2.75) is 32.6 Å². The Balaban J connectivity index is 1.56. The first-order chi connectivity index (χ1) is 17.9. The summed E-state index contributed by atoms with van der Waals surface area (Å²) in [5.41, 5.74) is 4.10. The normalized spacial score (nSPS) is 11.2. The summed E-state index contributed by atoms with van der Waals surface area (Å²) in [6, 6.07) is 20.7. The third kappa shape index (κ3) is 5.04. The number of hydrogen-bond acceptors (Lipinski definition) is 5. The molecule has 7 nitrogen and oxygen atoms in total. The van der Waals surface area contributed by atoms with Crippen molar-refractivity contribution >= 4 is 16.9 Å². The van der Waals surface area contributed by atoms with Crippen LogP contribution in [-0.2, 0) is 11.2 Å².